The molecule has 2 aromatic rings. The van der Waals surface area contributed by atoms with E-state index in [1.807, 2.05) is 53.4 Å². The minimum absolute atomic E-state index is 0.157. The highest BCUT2D eigenvalue weighted by atomic mass is 16.2. The molecule has 1 N–H and O–H groups in total. The lowest BCUT2D eigenvalue weighted by Crippen LogP contribution is -2.23. The van der Waals surface area contributed by atoms with Crippen LogP contribution in [0, 0.1) is 5.92 Å². The molecule has 0 aliphatic heterocycles. The summed E-state index contributed by atoms with van der Waals surface area (Å²) in [7, 11) is 0. The molecule has 1 aliphatic carbocycles. The van der Waals surface area contributed by atoms with Crippen molar-refractivity contribution in [2.45, 2.75) is 32.6 Å². The molecule has 1 aliphatic rings. The van der Waals surface area contributed by atoms with E-state index in [-0.39, 0.29) is 5.91 Å². The van der Waals surface area contributed by atoms with Gasteiger partial charge >= 0.3 is 0 Å². The van der Waals surface area contributed by atoms with E-state index in [0.717, 1.165) is 30.7 Å². The fourth-order valence-electron chi connectivity index (χ4n) is 2.94. The van der Waals surface area contributed by atoms with Crippen molar-refractivity contribution in [2.24, 2.45) is 11.0 Å². The van der Waals surface area contributed by atoms with Crippen molar-refractivity contribution in [1.29, 1.82) is 0 Å². The van der Waals surface area contributed by atoms with Gasteiger partial charge in [0.1, 0.15) is 0 Å². The number of amides is 1. The van der Waals surface area contributed by atoms with Crippen molar-refractivity contribution in [3.63, 3.8) is 0 Å². The van der Waals surface area contributed by atoms with Gasteiger partial charge in [-0.1, -0.05) is 19.1 Å². The number of hydrogen-bond donors (Lipinski definition) is 1. The molecule has 1 aromatic carbocycles. The zero-order chi connectivity index (χ0) is 15.4. The standard InChI is InChI=1S/C18H21N3O/c1-14-7-6-8-15(13-14)19-20-18(22)16-9-2-3-10-17(16)21-11-4-5-12-21/h2-5,9-12,14H,6-8,13H2,1H3,(H,20,22)/b19-15+/t14-/m1/s1. The summed E-state index contributed by atoms with van der Waals surface area (Å²) >= 11 is 0. The first-order valence-electron chi connectivity index (χ1n) is 7.82. The largest absolute Gasteiger partial charge is 0.323 e. The Morgan fingerprint density at radius 1 is 1.23 bits per heavy atom. The number of hydrazone groups is 1. The fraction of sp³-hybridized carbons (Fsp3) is 0.333. The summed E-state index contributed by atoms with van der Waals surface area (Å²) in [6.45, 7) is 2.23. The van der Waals surface area contributed by atoms with Crippen LogP contribution in [0.25, 0.3) is 5.69 Å². The van der Waals surface area contributed by atoms with Crippen LogP contribution in [0.4, 0.5) is 0 Å². The van der Waals surface area contributed by atoms with Crippen molar-refractivity contribution >= 4 is 11.6 Å². The lowest BCUT2D eigenvalue weighted by atomic mass is 9.89. The minimum atomic E-state index is -0.157. The Balaban J connectivity index is 1.77. The van der Waals surface area contributed by atoms with Gasteiger partial charge in [0.2, 0.25) is 0 Å². The van der Waals surface area contributed by atoms with Crippen molar-refractivity contribution in [2.75, 3.05) is 0 Å². The maximum atomic E-state index is 12.5. The average Bonchev–Trinajstić information content (AvgIpc) is 3.07. The van der Waals surface area contributed by atoms with Gasteiger partial charge < -0.3 is 4.57 Å². The van der Waals surface area contributed by atoms with Crippen LogP contribution in [0.5, 0.6) is 0 Å². The summed E-state index contributed by atoms with van der Waals surface area (Å²) in [4.78, 5) is 12.5. The Hall–Kier alpha value is -2.36. The van der Waals surface area contributed by atoms with Crippen LogP contribution in [0.2, 0.25) is 0 Å². The van der Waals surface area contributed by atoms with Crippen LogP contribution in [-0.2, 0) is 0 Å². The summed E-state index contributed by atoms with van der Waals surface area (Å²) in [6, 6.07) is 11.5. The number of hydrogen-bond acceptors (Lipinski definition) is 2. The molecule has 1 saturated carbocycles. The fourth-order valence-corrected chi connectivity index (χ4v) is 2.94. The van der Waals surface area contributed by atoms with Gasteiger partial charge in [0.25, 0.3) is 5.91 Å². The van der Waals surface area contributed by atoms with E-state index in [1.54, 1.807) is 0 Å². The first kappa shape index (κ1) is 14.6. The molecule has 0 unspecified atom stereocenters. The smallest absolute Gasteiger partial charge is 0.273 e. The van der Waals surface area contributed by atoms with Crippen LogP contribution < -0.4 is 5.43 Å². The highest BCUT2D eigenvalue weighted by Crippen LogP contribution is 2.21. The maximum Gasteiger partial charge on any atom is 0.273 e. The van der Waals surface area contributed by atoms with Crippen molar-refractivity contribution in [3.8, 4) is 5.69 Å². The lowest BCUT2D eigenvalue weighted by Gasteiger charge is -2.19. The number of nitrogens with zero attached hydrogens (tertiary/aromatic N) is 2. The van der Waals surface area contributed by atoms with Gasteiger partial charge in [-0.05, 0) is 55.9 Å². The first-order chi connectivity index (χ1) is 10.7. The number of aromatic nitrogens is 1. The van der Waals surface area contributed by atoms with E-state index in [0.29, 0.717) is 11.5 Å². The highest BCUT2D eigenvalue weighted by molar-refractivity contribution is 5.98. The zero-order valence-electron chi connectivity index (χ0n) is 12.8. The maximum absolute atomic E-state index is 12.5. The normalized spacial score (nSPS) is 20.0. The van der Waals surface area contributed by atoms with E-state index in [9.17, 15) is 4.79 Å². The Kier molecular flexibility index (Phi) is 4.37. The number of nitrogens with one attached hydrogen (secondary N) is 1. The Morgan fingerprint density at radius 3 is 2.77 bits per heavy atom. The molecular formula is C18H21N3O. The van der Waals surface area contributed by atoms with E-state index < -0.39 is 0 Å². The van der Waals surface area contributed by atoms with Crippen LogP contribution >= 0.6 is 0 Å². The van der Waals surface area contributed by atoms with E-state index in [2.05, 4.69) is 17.5 Å². The molecule has 1 amide bonds. The Labute approximate surface area is 130 Å². The molecule has 4 heteroatoms. The quantitative estimate of drug-likeness (QED) is 0.861. The van der Waals surface area contributed by atoms with E-state index in [1.165, 1.54) is 6.42 Å². The van der Waals surface area contributed by atoms with Gasteiger partial charge in [0.15, 0.2) is 0 Å². The Bertz CT molecular complexity index is 673. The molecular weight excluding hydrogens is 274 g/mol. The molecule has 0 radical (unpaired) electrons. The third kappa shape index (κ3) is 3.27. The van der Waals surface area contributed by atoms with E-state index in [4.69, 9.17) is 0 Å². The van der Waals surface area contributed by atoms with E-state index >= 15 is 0 Å². The van der Waals surface area contributed by atoms with Crippen LogP contribution in [0.15, 0.2) is 53.9 Å². The number of carbonyl (C=O) groups is 1. The van der Waals surface area contributed by atoms with Gasteiger partial charge in [-0.25, -0.2) is 5.43 Å². The summed E-state index contributed by atoms with van der Waals surface area (Å²) in [6.07, 6.45) is 8.25. The van der Waals surface area contributed by atoms with Gasteiger partial charge in [0.05, 0.1) is 11.3 Å². The monoisotopic (exact) mass is 295 g/mol. The van der Waals surface area contributed by atoms with Crippen LogP contribution in [-0.4, -0.2) is 16.2 Å². The summed E-state index contributed by atoms with van der Waals surface area (Å²) < 4.78 is 1.94. The first-order valence-corrected chi connectivity index (χ1v) is 7.82. The molecule has 3 rings (SSSR count). The Morgan fingerprint density at radius 2 is 2.00 bits per heavy atom. The molecule has 1 fully saturated rings. The molecule has 1 atom stereocenters. The molecule has 0 saturated heterocycles. The third-order valence-electron chi connectivity index (χ3n) is 4.09. The number of benzene rings is 1. The highest BCUT2D eigenvalue weighted by Gasteiger charge is 2.15. The summed E-state index contributed by atoms with van der Waals surface area (Å²) in [5, 5.41) is 4.34. The van der Waals surface area contributed by atoms with Crippen LogP contribution in [0.3, 0.4) is 0 Å². The van der Waals surface area contributed by atoms with Crippen LogP contribution in [0.1, 0.15) is 43.0 Å². The van der Waals surface area contributed by atoms with Crippen molar-refractivity contribution in [3.05, 3.63) is 54.4 Å². The summed E-state index contributed by atoms with van der Waals surface area (Å²) in [5.74, 6) is 0.506. The molecule has 22 heavy (non-hydrogen) atoms. The minimum Gasteiger partial charge on any atom is -0.323 e. The SMILES string of the molecule is C[C@@H]1CCC/C(=N\NC(=O)c2ccccc2-n2cccc2)C1. The number of carbonyl (C=O) groups excluding carboxylic acids is 1. The average molecular weight is 295 g/mol. The number of rotatable bonds is 3. The zero-order valence-corrected chi connectivity index (χ0v) is 12.8. The predicted molar refractivity (Wildman–Crippen MR) is 88.3 cm³/mol. The molecule has 0 bridgehead atoms. The second kappa shape index (κ2) is 6.60. The van der Waals surface area contributed by atoms with Crippen molar-refractivity contribution in [1.82, 2.24) is 9.99 Å². The molecule has 1 aromatic heterocycles. The van der Waals surface area contributed by atoms with Gasteiger partial charge in [-0.15, -0.1) is 0 Å². The second-order valence-corrected chi connectivity index (χ2v) is 5.93. The topological polar surface area (TPSA) is 46.4 Å². The van der Waals surface area contributed by atoms with Gasteiger partial charge in [0, 0.05) is 18.1 Å². The van der Waals surface area contributed by atoms with Crippen molar-refractivity contribution < 1.29 is 4.79 Å². The molecule has 0 spiro atoms. The molecule has 4 nitrogen and oxygen atoms in total. The van der Waals surface area contributed by atoms with Gasteiger partial charge in [-0.2, -0.15) is 5.10 Å². The predicted octanol–water partition coefficient (Wildman–Crippen LogP) is 3.77. The molecule has 1 heterocycles. The molecule has 114 valence electrons. The summed E-state index contributed by atoms with van der Waals surface area (Å²) in [5.41, 5.74) is 5.32. The second-order valence-electron chi connectivity index (χ2n) is 5.93. The lowest BCUT2D eigenvalue weighted by molar-refractivity contribution is 0.0954. The number of para-hydroxylation sites is 1. The third-order valence-corrected chi connectivity index (χ3v) is 4.09. The van der Waals surface area contributed by atoms with Gasteiger partial charge in [-0.3, -0.25) is 4.79 Å².